The largest absolute Gasteiger partial charge is 0.349 e. The average Bonchev–Trinajstić information content (AvgIpc) is 3.14. The monoisotopic (exact) mass is 329 g/mol. The van der Waals surface area contributed by atoms with Gasteiger partial charge in [0.15, 0.2) is 0 Å². The number of amides is 1. The lowest BCUT2D eigenvalue weighted by molar-refractivity contribution is 0.0936. The van der Waals surface area contributed by atoms with Crippen LogP contribution in [0.1, 0.15) is 67.2 Å². The van der Waals surface area contributed by atoms with Gasteiger partial charge >= 0.3 is 0 Å². The molecule has 7 heteroatoms. The van der Waals surface area contributed by atoms with Gasteiger partial charge in [-0.15, -0.1) is 0 Å². The zero-order valence-corrected chi connectivity index (χ0v) is 14.3. The zero-order valence-electron chi connectivity index (χ0n) is 14.3. The third-order valence-electron chi connectivity index (χ3n) is 4.35. The Morgan fingerprint density at radius 1 is 1.38 bits per heavy atom. The predicted octanol–water partition coefficient (Wildman–Crippen LogP) is 2.06. The molecule has 0 saturated heterocycles. The average molecular weight is 329 g/mol. The van der Waals surface area contributed by atoms with E-state index in [1.165, 1.54) is 6.07 Å². The summed E-state index contributed by atoms with van der Waals surface area (Å²) in [5, 5.41) is 7.40. The van der Waals surface area contributed by atoms with Crippen LogP contribution in [0.4, 0.5) is 0 Å². The first kappa shape index (κ1) is 16.4. The van der Waals surface area contributed by atoms with Crippen LogP contribution in [0.2, 0.25) is 0 Å². The fourth-order valence-corrected chi connectivity index (χ4v) is 3.25. The van der Waals surface area contributed by atoms with Gasteiger partial charge in [0.25, 0.3) is 11.5 Å². The normalized spacial score (nSPS) is 15.2. The molecule has 2 aromatic heterocycles. The molecular formula is C17H23N5O2. The van der Waals surface area contributed by atoms with Crippen molar-refractivity contribution in [3.63, 3.8) is 0 Å². The van der Waals surface area contributed by atoms with E-state index >= 15 is 0 Å². The van der Waals surface area contributed by atoms with Crippen molar-refractivity contribution in [2.24, 2.45) is 0 Å². The number of H-pyrrole nitrogens is 1. The van der Waals surface area contributed by atoms with Crippen LogP contribution in [-0.4, -0.2) is 31.7 Å². The van der Waals surface area contributed by atoms with Gasteiger partial charge in [-0.25, -0.2) is 9.67 Å². The van der Waals surface area contributed by atoms with E-state index in [-0.39, 0.29) is 23.4 Å². The van der Waals surface area contributed by atoms with Crippen LogP contribution in [-0.2, 0) is 0 Å². The summed E-state index contributed by atoms with van der Waals surface area (Å²) < 4.78 is 1.56. The topological polar surface area (TPSA) is 92.7 Å². The second-order valence-corrected chi connectivity index (χ2v) is 6.68. The number of carbonyl (C=O) groups excluding carboxylic acids is 1. The third-order valence-corrected chi connectivity index (χ3v) is 4.35. The van der Waals surface area contributed by atoms with Crippen LogP contribution in [0.15, 0.2) is 17.1 Å². The van der Waals surface area contributed by atoms with E-state index in [9.17, 15) is 9.59 Å². The number of carbonyl (C=O) groups is 1. The third kappa shape index (κ3) is 3.25. The van der Waals surface area contributed by atoms with Crippen molar-refractivity contribution in [1.82, 2.24) is 25.1 Å². The minimum Gasteiger partial charge on any atom is -0.349 e. The molecule has 0 aliphatic heterocycles. The van der Waals surface area contributed by atoms with Crippen LogP contribution >= 0.6 is 0 Å². The molecule has 24 heavy (non-hydrogen) atoms. The lowest BCUT2D eigenvalue weighted by Gasteiger charge is -2.14. The number of aromatic amines is 1. The van der Waals surface area contributed by atoms with Gasteiger partial charge < -0.3 is 5.32 Å². The van der Waals surface area contributed by atoms with Crippen molar-refractivity contribution in [2.75, 3.05) is 0 Å². The number of hydrogen-bond donors (Lipinski definition) is 2. The van der Waals surface area contributed by atoms with Crippen molar-refractivity contribution in [3.8, 4) is 5.95 Å². The van der Waals surface area contributed by atoms with Crippen LogP contribution in [0.25, 0.3) is 5.95 Å². The molecular weight excluding hydrogens is 306 g/mol. The maximum absolute atomic E-state index is 12.6. The lowest BCUT2D eigenvalue weighted by atomic mass is 10.0. The zero-order chi connectivity index (χ0) is 17.3. The summed E-state index contributed by atoms with van der Waals surface area (Å²) in [6.07, 6.45) is 5.95. The lowest BCUT2D eigenvalue weighted by Crippen LogP contribution is -2.33. The highest BCUT2D eigenvalue weighted by atomic mass is 16.1. The van der Waals surface area contributed by atoms with E-state index in [2.05, 4.69) is 20.4 Å². The Bertz CT molecular complexity index is 800. The number of nitrogens with one attached hydrogen (secondary N) is 2. The molecule has 1 fully saturated rings. The van der Waals surface area contributed by atoms with Crippen LogP contribution in [0, 0.1) is 6.92 Å². The first-order valence-corrected chi connectivity index (χ1v) is 8.43. The van der Waals surface area contributed by atoms with Gasteiger partial charge in [-0.2, -0.15) is 5.10 Å². The van der Waals surface area contributed by atoms with Gasteiger partial charge in [0.1, 0.15) is 0 Å². The predicted molar refractivity (Wildman–Crippen MR) is 90.5 cm³/mol. The second-order valence-electron chi connectivity index (χ2n) is 6.68. The Morgan fingerprint density at radius 2 is 2.08 bits per heavy atom. The van der Waals surface area contributed by atoms with Gasteiger partial charge in [0.2, 0.25) is 5.95 Å². The Kier molecular flexibility index (Phi) is 4.51. The van der Waals surface area contributed by atoms with Crippen molar-refractivity contribution in [2.45, 2.75) is 58.4 Å². The molecule has 3 rings (SSSR count). The Labute approximate surface area is 140 Å². The number of aromatic nitrogens is 4. The summed E-state index contributed by atoms with van der Waals surface area (Å²) in [5.41, 5.74) is 1.66. The second kappa shape index (κ2) is 6.59. The van der Waals surface area contributed by atoms with E-state index in [4.69, 9.17) is 0 Å². The van der Waals surface area contributed by atoms with E-state index in [0.29, 0.717) is 17.2 Å². The molecule has 1 aliphatic carbocycles. The molecule has 0 aromatic carbocycles. The maximum atomic E-state index is 12.6. The molecule has 7 nitrogen and oxygen atoms in total. The molecule has 0 atom stereocenters. The molecule has 128 valence electrons. The molecule has 2 aromatic rings. The summed E-state index contributed by atoms with van der Waals surface area (Å²) in [6.45, 7) is 5.74. The quantitative estimate of drug-likeness (QED) is 0.898. The summed E-state index contributed by atoms with van der Waals surface area (Å²) in [5.74, 6) is 0.290. The summed E-state index contributed by atoms with van der Waals surface area (Å²) in [4.78, 5) is 31.4. The van der Waals surface area contributed by atoms with E-state index < -0.39 is 0 Å². The SMILES string of the molecule is Cc1cc(=O)[nH]c(-n2ncc(C(=O)NC3CCCC3)c2C(C)C)n1. The number of rotatable bonds is 4. The van der Waals surface area contributed by atoms with Gasteiger partial charge in [0, 0.05) is 17.8 Å². The smallest absolute Gasteiger partial charge is 0.255 e. The minimum absolute atomic E-state index is 0.0580. The standard InChI is InChI=1S/C17H23N5O2/c1-10(2)15-13(16(24)20-12-6-4-5-7-12)9-18-22(15)17-19-11(3)8-14(23)21-17/h8-10,12H,4-7H2,1-3H3,(H,20,24)(H,19,21,23). The maximum Gasteiger partial charge on any atom is 0.255 e. The number of hydrogen-bond acceptors (Lipinski definition) is 4. The van der Waals surface area contributed by atoms with Crippen LogP contribution in [0.5, 0.6) is 0 Å². The van der Waals surface area contributed by atoms with Gasteiger partial charge in [0.05, 0.1) is 17.5 Å². The number of nitrogens with zero attached hydrogens (tertiary/aromatic N) is 3. The molecule has 1 aliphatic rings. The van der Waals surface area contributed by atoms with E-state index in [0.717, 1.165) is 31.4 Å². The Balaban J connectivity index is 1.98. The molecule has 0 unspecified atom stereocenters. The molecule has 0 radical (unpaired) electrons. The molecule has 2 heterocycles. The molecule has 0 bridgehead atoms. The van der Waals surface area contributed by atoms with Gasteiger partial charge in [-0.3, -0.25) is 14.6 Å². The Hall–Kier alpha value is -2.44. The number of aryl methyl sites for hydroxylation is 1. The van der Waals surface area contributed by atoms with Crippen LogP contribution < -0.4 is 10.9 Å². The minimum atomic E-state index is -0.236. The first-order chi connectivity index (χ1) is 11.5. The van der Waals surface area contributed by atoms with Gasteiger partial charge in [-0.05, 0) is 25.7 Å². The van der Waals surface area contributed by atoms with Crippen molar-refractivity contribution < 1.29 is 4.79 Å². The van der Waals surface area contributed by atoms with Crippen LogP contribution in [0.3, 0.4) is 0 Å². The fraction of sp³-hybridized carbons (Fsp3) is 0.529. The Morgan fingerprint density at radius 3 is 2.71 bits per heavy atom. The van der Waals surface area contributed by atoms with Crippen molar-refractivity contribution in [1.29, 1.82) is 0 Å². The van der Waals surface area contributed by atoms with Crippen molar-refractivity contribution >= 4 is 5.91 Å². The molecule has 0 spiro atoms. The van der Waals surface area contributed by atoms with E-state index in [1.807, 2.05) is 13.8 Å². The first-order valence-electron chi connectivity index (χ1n) is 8.43. The highest BCUT2D eigenvalue weighted by molar-refractivity contribution is 5.95. The molecule has 1 amide bonds. The molecule has 2 N–H and O–H groups in total. The highest BCUT2D eigenvalue weighted by Gasteiger charge is 2.24. The fourth-order valence-electron chi connectivity index (χ4n) is 3.25. The summed E-state index contributed by atoms with van der Waals surface area (Å²) >= 11 is 0. The highest BCUT2D eigenvalue weighted by Crippen LogP contribution is 2.23. The van der Waals surface area contributed by atoms with Crippen molar-refractivity contribution in [3.05, 3.63) is 39.6 Å². The van der Waals surface area contributed by atoms with E-state index in [1.54, 1.807) is 17.8 Å². The summed E-state index contributed by atoms with van der Waals surface area (Å²) in [7, 11) is 0. The molecule has 1 saturated carbocycles. The van der Waals surface area contributed by atoms with Gasteiger partial charge in [-0.1, -0.05) is 26.7 Å². The summed E-state index contributed by atoms with van der Waals surface area (Å²) in [6, 6.07) is 1.67.